The summed E-state index contributed by atoms with van der Waals surface area (Å²) >= 11 is 7.58. The van der Waals surface area contributed by atoms with E-state index in [1.54, 1.807) is 55.5 Å². The summed E-state index contributed by atoms with van der Waals surface area (Å²) in [5, 5.41) is 11.6. The monoisotopic (exact) mass is 509 g/mol. The van der Waals surface area contributed by atoms with E-state index in [9.17, 15) is 14.3 Å². The second-order valence-electron chi connectivity index (χ2n) is 7.41. The van der Waals surface area contributed by atoms with Crippen LogP contribution in [0, 0.1) is 5.82 Å². The largest absolute Gasteiger partial charge is 0.506 e. The molecule has 0 saturated heterocycles. The number of hydrogen-bond acceptors (Lipinski definition) is 6. The second-order valence-corrected chi connectivity index (χ2v) is 8.85. The van der Waals surface area contributed by atoms with Crippen molar-refractivity contribution in [2.24, 2.45) is 4.99 Å². The highest BCUT2D eigenvalue weighted by atomic mass is 35.5. The molecule has 1 heterocycles. The van der Waals surface area contributed by atoms with E-state index in [4.69, 9.17) is 21.1 Å². The van der Waals surface area contributed by atoms with Crippen LogP contribution in [0.15, 0.2) is 94.0 Å². The van der Waals surface area contributed by atoms with Crippen molar-refractivity contribution in [1.29, 1.82) is 0 Å². The zero-order chi connectivity index (χ0) is 24.8. The number of nitrogens with zero attached hydrogens (tertiary/aromatic N) is 1. The van der Waals surface area contributed by atoms with Crippen LogP contribution in [0.5, 0.6) is 5.75 Å². The number of carbonyl (C=O) groups excluding carboxylic acids is 1. The van der Waals surface area contributed by atoms with Crippen molar-refractivity contribution >= 4 is 46.1 Å². The number of carbonyl (C=O) groups is 1. The van der Waals surface area contributed by atoms with Gasteiger partial charge in [0.15, 0.2) is 0 Å². The molecule has 0 aliphatic carbocycles. The summed E-state index contributed by atoms with van der Waals surface area (Å²) in [6, 6.07) is 20.4. The fraction of sp³-hybridized carbons (Fsp3) is 0.111. The Hall–Kier alpha value is -3.55. The number of esters is 1. The highest BCUT2D eigenvalue weighted by Gasteiger charge is 2.33. The zero-order valence-corrected chi connectivity index (χ0v) is 20.3. The minimum absolute atomic E-state index is 0.0253. The van der Waals surface area contributed by atoms with Gasteiger partial charge >= 0.3 is 5.97 Å². The molecule has 0 bridgehead atoms. The van der Waals surface area contributed by atoms with Gasteiger partial charge in [-0.25, -0.2) is 14.2 Å². The Morgan fingerprint density at radius 3 is 2.54 bits per heavy atom. The molecule has 0 aromatic heterocycles. The Labute approximate surface area is 211 Å². The molecule has 1 aliphatic heterocycles. The first-order valence-electron chi connectivity index (χ1n) is 10.8. The Bertz CT molecular complexity index is 1320. The molecular formula is C27H21ClFNO4S. The molecule has 0 amide bonds. The van der Waals surface area contributed by atoms with Gasteiger partial charge in [0.1, 0.15) is 34.5 Å². The van der Waals surface area contributed by atoms with Crippen LogP contribution in [0.4, 0.5) is 10.1 Å². The lowest BCUT2D eigenvalue weighted by Gasteiger charge is -2.09. The highest BCUT2D eigenvalue weighted by molar-refractivity contribution is 8.18. The van der Waals surface area contributed by atoms with Gasteiger partial charge in [-0.3, -0.25) is 0 Å². The molecule has 0 saturated carbocycles. The van der Waals surface area contributed by atoms with Crippen molar-refractivity contribution in [2.45, 2.75) is 13.5 Å². The van der Waals surface area contributed by atoms with Gasteiger partial charge in [-0.1, -0.05) is 59.8 Å². The summed E-state index contributed by atoms with van der Waals surface area (Å²) in [6.45, 7) is 2.11. The van der Waals surface area contributed by atoms with E-state index >= 15 is 0 Å². The number of aliphatic hydroxyl groups is 1. The predicted octanol–water partition coefficient (Wildman–Crippen LogP) is 7.25. The van der Waals surface area contributed by atoms with Crippen molar-refractivity contribution in [2.75, 3.05) is 6.61 Å². The van der Waals surface area contributed by atoms with Gasteiger partial charge in [0.2, 0.25) is 0 Å². The SMILES string of the molecule is CCOC(=O)C1=C(O)/C(=C/c2ccc(OCc3ccc(F)cc3)c(Cl)c2)SC1=Nc1ccccc1. The molecule has 1 N–H and O–H groups in total. The van der Waals surface area contributed by atoms with Gasteiger partial charge in [-0.2, -0.15) is 0 Å². The second kappa shape index (κ2) is 11.3. The molecular weight excluding hydrogens is 489 g/mol. The fourth-order valence-electron chi connectivity index (χ4n) is 3.23. The van der Waals surface area contributed by atoms with Gasteiger partial charge in [0, 0.05) is 0 Å². The molecule has 35 heavy (non-hydrogen) atoms. The maximum absolute atomic E-state index is 13.1. The quantitative estimate of drug-likeness (QED) is 0.340. The number of halogens is 2. The molecule has 0 spiro atoms. The average molecular weight is 510 g/mol. The zero-order valence-electron chi connectivity index (χ0n) is 18.7. The number of thioether (sulfide) groups is 1. The van der Waals surface area contributed by atoms with Gasteiger partial charge in [-0.05, 0) is 60.5 Å². The first-order chi connectivity index (χ1) is 16.9. The van der Waals surface area contributed by atoms with E-state index in [1.165, 1.54) is 23.9 Å². The number of ether oxygens (including phenoxy) is 2. The van der Waals surface area contributed by atoms with Crippen molar-refractivity contribution in [3.8, 4) is 5.75 Å². The number of hydrogen-bond donors (Lipinski definition) is 1. The smallest absolute Gasteiger partial charge is 0.344 e. The predicted molar refractivity (Wildman–Crippen MR) is 138 cm³/mol. The normalized spacial score (nSPS) is 15.6. The lowest BCUT2D eigenvalue weighted by atomic mass is 10.1. The summed E-state index contributed by atoms with van der Waals surface area (Å²) in [4.78, 5) is 17.5. The first-order valence-corrected chi connectivity index (χ1v) is 11.9. The molecule has 0 radical (unpaired) electrons. The van der Waals surface area contributed by atoms with E-state index in [-0.39, 0.29) is 30.4 Å². The molecule has 0 atom stereocenters. The van der Waals surface area contributed by atoms with Crippen LogP contribution in [0.3, 0.4) is 0 Å². The lowest BCUT2D eigenvalue weighted by molar-refractivity contribution is -0.138. The summed E-state index contributed by atoms with van der Waals surface area (Å²) < 4.78 is 23.9. The molecule has 3 aromatic rings. The van der Waals surface area contributed by atoms with E-state index < -0.39 is 5.97 Å². The van der Waals surface area contributed by atoms with Crippen LogP contribution < -0.4 is 4.74 Å². The third kappa shape index (κ3) is 6.12. The van der Waals surface area contributed by atoms with Crippen molar-refractivity contribution in [3.63, 3.8) is 0 Å². The van der Waals surface area contributed by atoms with Crippen LogP contribution in [0.2, 0.25) is 5.02 Å². The molecule has 0 fully saturated rings. The Morgan fingerprint density at radius 2 is 1.86 bits per heavy atom. The van der Waals surface area contributed by atoms with Crippen LogP contribution in [-0.2, 0) is 16.1 Å². The molecule has 178 valence electrons. The third-order valence-corrected chi connectivity index (χ3v) is 6.23. The Balaban J connectivity index is 1.58. The number of rotatable bonds is 7. The fourth-order valence-corrected chi connectivity index (χ4v) is 4.51. The summed E-state index contributed by atoms with van der Waals surface area (Å²) in [5.41, 5.74) is 2.18. The van der Waals surface area contributed by atoms with E-state index in [1.807, 2.05) is 18.2 Å². The average Bonchev–Trinajstić information content (AvgIpc) is 3.14. The summed E-state index contributed by atoms with van der Waals surface area (Å²) in [6.07, 6.45) is 1.71. The van der Waals surface area contributed by atoms with Crippen molar-refractivity contribution in [3.05, 3.63) is 111 Å². The molecule has 5 nitrogen and oxygen atoms in total. The number of aliphatic hydroxyl groups excluding tert-OH is 1. The van der Waals surface area contributed by atoms with Gasteiger partial charge in [0.05, 0.1) is 22.2 Å². The van der Waals surface area contributed by atoms with Gasteiger partial charge < -0.3 is 14.6 Å². The van der Waals surface area contributed by atoms with Gasteiger partial charge in [0.25, 0.3) is 0 Å². The van der Waals surface area contributed by atoms with Crippen LogP contribution in [-0.4, -0.2) is 22.7 Å². The summed E-state index contributed by atoms with van der Waals surface area (Å²) in [5.74, 6) is -0.682. The van der Waals surface area contributed by atoms with E-state index in [2.05, 4.69) is 4.99 Å². The molecule has 1 aliphatic rings. The van der Waals surface area contributed by atoms with Gasteiger partial charge in [-0.15, -0.1) is 0 Å². The number of para-hydroxylation sites is 1. The van der Waals surface area contributed by atoms with E-state index in [0.29, 0.717) is 32.0 Å². The Kier molecular flexibility index (Phi) is 7.90. The minimum atomic E-state index is -0.641. The molecule has 3 aromatic carbocycles. The standard InChI is InChI=1S/C27H21ClFNO4S/c1-2-33-27(32)24-25(31)23(35-26(24)30-20-6-4-3-5-7-20)15-18-10-13-22(21(28)14-18)34-16-17-8-11-19(29)12-9-17/h3-15,31H,2,16H2,1H3/b23-15-,30-26?. The molecule has 8 heteroatoms. The minimum Gasteiger partial charge on any atom is -0.506 e. The van der Waals surface area contributed by atoms with Crippen molar-refractivity contribution in [1.82, 2.24) is 0 Å². The third-order valence-electron chi connectivity index (χ3n) is 4.92. The maximum Gasteiger partial charge on any atom is 0.344 e. The molecule has 0 unspecified atom stereocenters. The molecule has 4 rings (SSSR count). The highest BCUT2D eigenvalue weighted by Crippen LogP contribution is 2.40. The van der Waals surface area contributed by atoms with E-state index in [0.717, 1.165) is 5.56 Å². The van der Waals surface area contributed by atoms with Crippen molar-refractivity contribution < 1.29 is 23.8 Å². The summed E-state index contributed by atoms with van der Waals surface area (Å²) in [7, 11) is 0. The Morgan fingerprint density at radius 1 is 1.11 bits per heavy atom. The number of aliphatic imine (C=N–C) groups is 1. The van der Waals surface area contributed by atoms with Crippen LogP contribution in [0.25, 0.3) is 6.08 Å². The topological polar surface area (TPSA) is 68.1 Å². The lowest BCUT2D eigenvalue weighted by Crippen LogP contribution is -2.12. The van der Waals surface area contributed by atoms with Crippen LogP contribution in [0.1, 0.15) is 18.1 Å². The number of benzene rings is 3. The maximum atomic E-state index is 13.1. The van der Waals surface area contributed by atoms with Crippen LogP contribution >= 0.6 is 23.4 Å². The first kappa shape index (κ1) is 24.6.